The Bertz CT molecular complexity index is 773. The number of rotatable bonds is 7. The fourth-order valence-electron chi connectivity index (χ4n) is 3.10. The number of anilines is 1. The lowest BCUT2D eigenvalue weighted by Crippen LogP contribution is -2.48. The topological polar surface area (TPSA) is 66.5 Å². The second kappa shape index (κ2) is 9.11. The third-order valence-corrected chi connectivity index (χ3v) is 6.00. The zero-order valence-corrected chi connectivity index (χ0v) is 17.3. The maximum atomic E-state index is 12.5. The average Bonchev–Trinajstić information content (AvgIpc) is 2.53. The predicted molar refractivity (Wildman–Crippen MR) is 107 cm³/mol. The van der Waals surface area contributed by atoms with Crippen LogP contribution in [0.2, 0.25) is 10.0 Å². The van der Waals surface area contributed by atoms with E-state index in [2.05, 4.69) is 11.4 Å². The molecular formula is C18H24Cl2N2O3S. The molecule has 0 heterocycles. The van der Waals surface area contributed by atoms with E-state index < -0.39 is 16.1 Å². The highest BCUT2D eigenvalue weighted by atomic mass is 35.5. The van der Waals surface area contributed by atoms with Crippen LogP contribution >= 0.6 is 23.2 Å². The van der Waals surface area contributed by atoms with Crippen molar-refractivity contribution in [2.24, 2.45) is 0 Å². The molecule has 8 heteroatoms. The minimum absolute atomic E-state index is 0.266. The van der Waals surface area contributed by atoms with Gasteiger partial charge in [-0.25, -0.2) is 8.42 Å². The number of benzene rings is 1. The molecular weight excluding hydrogens is 395 g/mol. The van der Waals surface area contributed by atoms with Crippen LogP contribution in [0.4, 0.5) is 5.69 Å². The molecule has 0 saturated heterocycles. The van der Waals surface area contributed by atoms with Crippen molar-refractivity contribution in [3.63, 3.8) is 0 Å². The molecule has 1 N–H and O–H groups in total. The number of sulfonamides is 1. The quantitative estimate of drug-likeness (QED) is 0.675. The smallest absolute Gasteiger partial charge is 0.243 e. The summed E-state index contributed by atoms with van der Waals surface area (Å²) in [5.41, 5.74) is 1.62. The number of nitrogens with one attached hydrogen (secondary N) is 1. The predicted octanol–water partition coefficient (Wildman–Crippen LogP) is 4.15. The summed E-state index contributed by atoms with van der Waals surface area (Å²) < 4.78 is 25.6. The minimum Gasteiger partial charge on any atom is -0.354 e. The highest BCUT2D eigenvalue weighted by Crippen LogP contribution is 2.28. The molecule has 1 aliphatic rings. The average molecular weight is 419 g/mol. The van der Waals surface area contributed by atoms with Crippen LogP contribution in [-0.2, 0) is 14.8 Å². The zero-order chi connectivity index (χ0) is 19.3. The molecule has 0 unspecified atom stereocenters. The normalized spacial score (nSPS) is 15.9. The molecule has 0 saturated carbocycles. The Kier molecular flexibility index (Phi) is 7.38. The number of allylic oxidation sites excluding steroid dienone is 1. The van der Waals surface area contributed by atoms with Crippen LogP contribution in [0.1, 0.15) is 39.0 Å². The Morgan fingerprint density at radius 2 is 1.88 bits per heavy atom. The molecule has 0 aliphatic heterocycles. The van der Waals surface area contributed by atoms with Gasteiger partial charge in [-0.2, -0.15) is 0 Å². The number of hydrogen-bond acceptors (Lipinski definition) is 3. The van der Waals surface area contributed by atoms with Crippen molar-refractivity contribution in [3.05, 3.63) is 39.9 Å². The largest absolute Gasteiger partial charge is 0.354 e. The van der Waals surface area contributed by atoms with Gasteiger partial charge < -0.3 is 5.32 Å². The van der Waals surface area contributed by atoms with Gasteiger partial charge in [-0.3, -0.25) is 9.10 Å². The van der Waals surface area contributed by atoms with Gasteiger partial charge in [0.1, 0.15) is 6.04 Å². The minimum atomic E-state index is -3.70. The summed E-state index contributed by atoms with van der Waals surface area (Å²) in [4.78, 5) is 12.5. The second-order valence-electron chi connectivity index (χ2n) is 6.51. The molecule has 1 aromatic carbocycles. The number of halogens is 2. The van der Waals surface area contributed by atoms with E-state index in [1.165, 1.54) is 36.6 Å². The van der Waals surface area contributed by atoms with E-state index in [0.29, 0.717) is 16.6 Å². The monoisotopic (exact) mass is 418 g/mol. The number of hydrogen-bond donors (Lipinski definition) is 1. The van der Waals surface area contributed by atoms with E-state index in [0.717, 1.165) is 29.8 Å². The van der Waals surface area contributed by atoms with Crippen molar-refractivity contribution in [2.75, 3.05) is 17.1 Å². The van der Waals surface area contributed by atoms with E-state index in [9.17, 15) is 13.2 Å². The molecule has 1 aromatic rings. The maximum absolute atomic E-state index is 12.5. The van der Waals surface area contributed by atoms with Gasteiger partial charge in [0, 0.05) is 16.6 Å². The van der Waals surface area contributed by atoms with E-state index in [1.54, 1.807) is 6.92 Å². The summed E-state index contributed by atoms with van der Waals surface area (Å²) in [6.45, 7) is 2.04. The van der Waals surface area contributed by atoms with E-state index >= 15 is 0 Å². The molecule has 144 valence electrons. The molecule has 0 radical (unpaired) electrons. The van der Waals surface area contributed by atoms with Crippen molar-refractivity contribution in [2.45, 2.75) is 45.1 Å². The van der Waals surface area contributed by atoms with Crippen LogP contribution in [0.25, 0.3) is 0 Å². The van der Waals surface area contributed by atoms with Gasteiger partial charge in [0.05, 0.1) is 11.9 Å². The van der Waals surface area contributed by atoms with Gasteiger partial charge in [-0.05, 0) is 57.2 Å². The molecule has 1 amide bonds. The number of carbonyl (C=O) groups excluding carboxylic acids is 1. The van der Waals surface area contributed by atoms with Crippen LogP contribution < -0.4 is 9.62 Å². The lowest BCUT2D eigenvalue weighted by Gasteiger charge is -2.28. The number of carbonyl (C=O) groups is 1. The van der Waals surface area contributed by atoms with Gasteiger partial charge in [-0.1, -0.05) is 34.9 Å². The number of amides is 1. The number of nitrogens with zero attached hydrogens (tertiary/aromatic N) is 1. The van der Waals surface area contributed by atoms with E-state index in [1.807, 2.05) is 0 Å². The third-order valence-electron chi connectivity index (χ3n) is 4.32. The van der Waals surface area contributed by atoms with Gasteiger partial charge in [0.15, 0.2) is 0 Å². The molecule has 0 fully saturated rings. The molecule has 5 nitrogen and oxygen atoms in total. The van der Waals surface area contributed by atoms with E-state index in [-0.39, 0.29) is 11.6 Å². The van der Waals surface area contributed by atoms with Crippen molar-refractivity contribution < 1.29 is 13.2 Å². The second-order valence-corrected chi connectivity index (χ2v) is 9.24. The van der Waals surface area contributed by atoms with Crippen LogP contribution in [0.15, 0.2) is 29.8 Å². The summed E-state index contributed by atoms with van der Waals surface area (Å²) >= 11 is 12.0. The summed E-state index contributed by atoms with van der Waals surface area (Å²) in [6.07, 6.45) is 8.65. The highest BCUT2D eigenvalue weighted by Gasteiger charge is 2.29. The fourth-order valence-corrected chi connectivity index (χ4v) is 4.77. The van der Waals surface area contributed by atoms with Crippen molar-refractivity contribution in [1.29, 1.82) is 0 Å². The third kappa shape index (κ3) is 5.89. The Morgan fingerprint density at radius 1 is 1.23 bits per heavy atom. The van der Waals surface area contributed by atoms with Crippen LogP contribution in [0.5, 0.6) is 0 Å². The van der Waals surface area contributed by atoms with Crippen LogP contribution in [0.3, 0.4) is 0 Å². The first-order valence-corrected chi connectivity index (χ1v) is 11.2. The van der Waals surface area contributed by atoms with Crippen molar-refractivity contribution >= 4 is 44.8 Å². The van der Waals surface area contributed by atoms with Gasteiger partial charge in [-0.15, -0.1) is 0 Å². The fraction of sp³-hybridized carbons (Fsp3) is 0.500. The summed E-state index contributed by atoms with van der Waals surface area (Å²) in [5, 5.41) is 3.44. The van der Waals surface area contributed by atoms with Crippen molar-refractivity contribution in [1.82, 2.24) is 5.32 Å². The maximum Gasteiger partial charge on any atom is 0.243 e. The molecule has 1 aliphatic carbocycles. The van der Waals surface area contributed by atoms with Gasteiger partial charge in [0.25, 0.3) is 0 Å². The SMILES string of the molecule is C[C@H](C(=O)NCCC1=CCCCC1)N(c1cc(Cl)cc(Cl)c1)S(C)(=O)=O. The lowest BCUT2D eigenvalue weighted by atomic mass is 9.97. The standard InChI is InChI=1S/C18H24Cl2N2O3S/c1-13(18(23)21-9-8-14-6-4-3-5-7-14)22(26(2,24)25)17-11-15(19)10-16(20)12-17/h6,10-13H,3-5,7-9H2,1-2H3,(H,21,23)/t13-/m1/s1. The van der Waals surface area contributed by atoms with Crippen LogP contribution in [-0.4, -0.2) is 33.2 Å². The van der Waals surface area contributed by atoms with Gasteiger partial charge in [0.2, 0.25) is 15.9 Å². The van der Waals surface area contributed by atoms with E-state index in [4.69, 9.17) is 23.2 Å². The summed E-state index contributed by atoms with van der Waals surface area (Å²) in [7, 11) is -3.70. The molecule has 1 atom stereocenters. The summed E-state index contributed by atoms with van der Waals surface area (Å²) in [5.74, 6) is -0.358. The first-order chi connectivity index (χ1) is 12.2. The molecule has 26 heavy (non-hydrogen) atoms. The first kappa shape index (κ1) is 21.1. The summed E-state index contributed by atoms with van der Waals surface area (Å²) in [6, 6.07) is 3.55. The first-order valence-electron chi connectivity index (χ1n) is 8.59. The zero-order valence-electron chi connectivity index (χ0n) is 15.0. The Morgan fingerprint density at radius 3 is 2.42 bits per heavy atom. The van der Waals surface area contributed by atoms with Gasteiger partial charge >= 0.3 is 0 Å². The van der Waals surface area contributed by atoms with Crippen LogP contribution in [0, 0.1) is 0 Å². The van der Waals surface area contributed by atoms with Crippen molar-refractivity contribution in [3.8, 4) is 0 Å². The Labute approximate surface area is 165 Å². The molecule has 2 rings (SSSR count). The Balaban J connectivity index is 2.09. The Hall–Kier alpha value is -1.24. The molecule has 0 spiro atoms. The molecule has 0 aromatic heterocycles. The highest BCUT2D eigenvalue weighted by molar-refractivity contribution is 7.92. The lowest BCUT2D eigenvalue weighted by molar-refractivity contribution is -0.121. The molecule has 0 bridgehead atoms.